The van der Waals surface area contributed by atoms with Crippen molar-refractivity contribution in [1.82, 2.24) is 15.0 Å². The lowest BCUT2D eigenvalue weighted by Crippen LogP contribution is -2.14. The molecule has 0 radical (unpaired) electrons. The van der Waals surface area contributed by atoms with E-state index in [0.717, 1.165) is 11.4 Å². The molecule has 1 amide bonds. The van der Waals surface area contributed by atoms with Crippen LogP contribution >= 0.6 is 11.6 Å². The van der Waals surface area contributed by atoms with Gasteiger partial charge in [0, 0.05) is 10.7 Å². The van der Waals surface area contributed by atoms with E-state index in [4.69, 9.17) is 16.3 Å². The zero-order valence-electron chi connectivity index (χ0n) is 13.2. The molecule has 3 aromatic rings. The topological polar surface area (TPSA) is 69.0 Å². The summed E-state index contributed by atoms with van der Waals surface area (Å²) in [5, 5.41) is 11.4. The molecule has 0 atom stereocenters. The molecule has 0 aliphatic heterocycles. The lowest BCUT2D eigenvalue weighted by molar-refractivity contribution is 0.102. The molecule has 0 saturated carbocycles. The molecule has 1 heterocycles. The summed E-state index contributed by atoms with van der Waals surface area (Å²) < 4.78 is 6.74. The number of carbonyl (C=O) groups excluding carboxylic acids is 1. The van der Waals surface area contributed by atoms with Crippen LogP contribution in [0.5, 0.6) is 5.75 Å². The summed E-state index contributed by atoms with van der Waals surface area (Å²) in [4.78, 5) is 12.4. The summed E-state index contributed by atoms with van der Waals surface area (Å²) in [6, 6.07) is 14.3. The van der Waals surface area contributed by atoms with Crippen LogP contribution in [0.3, 0.4) is 0 Å². The summed E-state index contributed by atoms with van der Waals surface area (Å²) in [7, 11) is 1.61. The van der Waals surface area contributed by atoms with Crippen molar-refractivity contribution in [3.63, 3.8) is 0 Å². The molecule has 0 unspecified atom stereocenters. The second-order valence-electron chi connectivity index (χ2n) is 5.10. The summed E-state index contributed by atoms with van der Waals surface area (Å²) in [5.41, 5.74) is 2.29. The highest BCUT2D eigenvalue weighted by Gasteiger charge is 2.17. The first-order valence-corrected chi connectivity index (χ1v) is 7.60. The quantitative estimate of drug-likeness (QED) is 0.788. The molecule has 1 N–H and O–H groups in total. The van der Waals surface area contributed by atoms with E-state index in [0.29, 0.717) is 16.4 Å². The van der Waals surface area contributed by atoms with Gasteiger partial charge in [-0.05, 0) is 49.4 Å². The van der Waals surface area contributed by atoms with Gasteiger partial charge >= 0.3 is 0 Å². The monoisotopic (exact) mass is 342 g/mol. The molecule has 24 heavy (non-hydrogen) atoms. The summed E-state index contributed by atoms with van der Waals surface area (Å²) in [5.74, 6) is 0.407. The van der Waals surface area contributed by atoms with Gasteiger partial charge in [0.2, 0.25) is 0 Å². The fraction of sp³-hybridized carbons (Fsp3) is 0.118. The maximum absolute atomic E-state index is 12.4. The Morgan fingerprint density at radius 2 is 1.96 bits per heavy atom. The van der Waals surface area contributed by atoms with Crippen molar-refractivity contribution in [2.24, 2.45) is 0 Å². The number of ether oxygens (including phenoxy) is 1. The molecule has 6 nitrogen and oxygen atoms in total. The van der Waals surface area contributed by atoms with Crippen LogP contribution in [0.15, 0.2) is 48.5 Å². The molecule has 0 saturated heterocycles. The number of hydrogen-bond donors (Lipinski definition) is 1. The van der Waals surface area contributed by atoms with Crippen molar-refractivity contribution < 1.29 is 9.53 Å². The lowest BCUT2D eigenvalue weighted by atomic mass is 10.2. The highest BCUT2D eigenvalue weighted by atomic mass is 35.5. The first-order valence-electron chi connectivity index (χ1n) is 7.22. The molecule has 0 aliphatic carbocycles. The standard InChI is InChI=1S/C17H15ClN4O2/c1-11-16(17(23)19-13-5-3-4-12(18)10-13)20-21-22(11)14-6-8-15(24-2)9-7-14/h3-10H,1-2H3,(H,19,23). The van der Waals surface area contributed by atoms with Gasteiger partial charge in [-0.2, -0.15) is 0 Å². The van der Waals surface area contributed by atoms with Gasteiger partial charge < -0.3 is 10.1 Å². The number of anilines is 1. The van der Waals surface area contributed by atoms with E-state index in [1.165, 1.54) is 0 Å². The van der Waals surface area contributed by atoms with Crippen molar-refractivity contribution in [3.8, 4) is 11.4 Å². The van der Waals surface area contributed by atoms with E-state index in [2.05, 4.69) is 15.6 Å². The van der Waals surface area contributed by atoms with E-state index >= 15 is 0 Å². The number of aromatic nitrogens is 3. The maximum atomic E-state index is 12.4. The van der Waals surface area contributed by atoms with Crippen LogP contribution in [0, 0.1) is 6.92 Å². The van der Waals surface area contributed by atoms with Gasteiger partial charge in [0.05, 0.1) is 18.5 Å². The average Bonchev–Trinajstić information content (AvgIpc) is 2.96. The van der Waals surface area contributed by atoms with Crippen molar-refractivity contribution >= 4 is 23.2 Å². The Kier molecular flexibility index (Phi) is 4.48. The van der Waals surface area contributed by atoms with Gasteiger partial charge in [-0.3, -0.25) is 4.79 Å². The third kappa shape index (κ3) is 3.23. The highest BCUT2D eigenvalue weighted by molar-refractivity contribution is 6.30. The normalized spacial score (nSPS) is 10.5. The number of nitrogens with zero attached hydrogens (tertiary/aromatic N) is 3. The molecule has 122 valence electrons. The summed E-state index contributed by atoms with van der Waals surface area (Å²) in [6.45, 7) is 1.79. The van der Waals surface area contributed by atoms with Crippen LogP contribution in [-0.2, 0) is 0 Å². The van der Waals surface area contributed by atoms with Gasteiger partial charge in [0.1, 0.15) is 5.75 Å². The Morgan fingerprint density at radius 1 is 1.21 bits per heavy atom. The average molecular weight is 343 g/mol. The fourth-order valence-corrected chi connectivity index (χ4v) is 2.45. The van der Waals surface area contributed by atoms with E-state index < -0.39 is 0 Å². The van der Waals surface area contributed by atoms with Gasteiger partial charge in [-0.15, -0.1) is 5.10 Å². The molecule has 2 aromatic carbocycles. The Balaban J connectivity index is 1.84. The smallest absolute Gasteiger partial charge is 0.278 e. The number of hydrogen-bond acceptors (Lipinski definition) is 4. The zero-order valence-corrected chi connectivity index (χ0v) is 13.9. The number of amides is 1. The second kappa shape index (κ2) is 6.72. The van der Waals surface area contributed by atoms with Crippen molar-refractivity contribution in [2.75, 3.05) is 12.4 Å². The summed E-state index contributed by atoms with van der Waals surface area (Å²) >= 11 is 5.92. The number of benzene rings is 2. The third-order valence-electron chi connectivity index (χ3n) is 3.51. The number of nitrogens with one attached hydrogen (secondary N) is 1. The molecule has 0 bridgehead atoms. The van der Waals surface area contributed by atoms with Gasteiger partial charge in [-0.1, -0.05) is 22.9 Å². The van der Waals surface area contributed by atoms with Gasteiger partial charge in [0.25, 0.3) is 5.91 Å². The van der Waals surface area contributed by atoms with Crippen LogP contribution in [0.25, 0.3) is 5.69 Å². The van der Waals surface area contributed by atoms with Crippen molar-refractivity contribution in [3.05, 3.63) is 64.9 Å². The third-order valence-corrected chi connectivity index (χ3v) is 3.74. The Morgan fingerprint density at radius 3 is 2.62 bits per heavy atom. The molecule has 0 fully saturated rings. The van der Waals surface area contributed by atoms with E-state index in [-0.39, 0.29) is 11.6 Å². The van der Waals surface area contributed by atoms with E-state index in [9.17, 15) is 4.79 Å². The predicted molar refractivity (Wildman–Crippen MR) is 92.1 cm³/mol. The largest absolute Gasteiger partial charge is 0.497 e. The molecular formula is C17H15ClN4O2. The number of methoxy groups -OCH3 is 1. The lowest BCUT2D eigenvalue weighted by Gasteiger charge is -2.06. The number of carbonyl (C=O) groups is 1. The van der Waals surface area contributed by atoms with Crippen LogP contribution in [0.1, 0.15) is 16.2 Å². The Hall–Kier alpha value is -2.86. The maximum Gasteiger partial charge on any atom is 0.278 e. The number of rotatable bonds is 4. The predicted octanol–water partition coefficient (Wildman–Crippen LogP) is 3.49. The second-order valence-corrected chi connectivity index (χ2v) is 5.53. The van der Waals surface area contributed by atoms with Gasteiger partial charge in [-0.25, -0.2) is 4.68 Å². The summed E-state index contributed by atoms with van der Waals surface area (Å²) in [6.07, 6.45) is 0. The first kappa shape index (κ1) is 16.0. The molecule has 0 spiro atoms. The fourth-order valence-electron chi connectivity index (χ4n) is 2.26. The SMILES string of the molecule is COc1ccc(-n2nnc(C(=O)Nc3cccc(Cl)c3)c2C)cc1. The van der Waals surface area contributed by atoms with Crippen molar-refractivity contribution in [1.29, 1.82) is 0 Å². The van der Waals surface area contributed by atoms with Crippen LogP contribution in [0.4, 0.5) is 5.69 Å². The number of halogens is 1. The van der Waals surface area contributed by atoms with E-state index in [1.54, 1.807) is 43.0 Å². The molecule has 1 aromatic heterocycles. The highest BCUT2D eigenvalue weighted by Crippen LogP contribution is 2.19. The Labute approximate surface area is 144 Å². The molecular weight excluding hydrogens is 328 g/mol. The molecule has 0 aliphatic rings. The molecule has 3 rings (SSSR count). The molecule has 7 heteroatoms. The zero-order chi connectivity index (χ0) is 17.1. The van der Waals surface area contributed by atoms with Crippen LogP contribution in [-0.4, -0.2) is 28.0 Å². The minimum atomic E-state index is -0.338. The van der Waals surface area contributed by atoms with Gasteiger partial charge in [0.15, 0.2) is 5.69 Å². The Bertz CT molecular complexity index is 875. The minimum Gasteiger partial charge on any atom is -0.497 e. The van der Waals surface area contributed by atoms with E-state index in [1.807, 2.05) is 24.3 Å². The van der Waals surface area contributed by atoms with Crippen molar-refractivity contribution in [2.45, 2.75) is 6.92 Å². The minimum absolute atomic E-state index is 0.255. The first-order chi connectivity index (χ1) is 11.6. The van der Waals surface area contributed by atoms with Crippen LogP contribution < -0.4 is 10.1 Å². The van der Waals surface area contributed by atoms with Crippen LogP contribution in [0.2, 0.25) is 5.02 Å².